The van der Waals surface area contributed by atoms with Crippen LogP contribution in [0.2, 0.25) is 0 Å². The zero-order valence-corrected chi connectivity index (χ0v) is 14.6. The van der Waals surface area contributed by atoms with Gasteiger partial charge in [0.25, 0.3) is 5.92 Å². The summed E-state index contributed by atoms with van der Waals surface area (Å²) in [5.74, 6) is -2.71. The third-order valence-corrected chi connectivity index (χ3v) is 4.35. The van der Waals surface area contributed by atoms with Crippen molar-refractivity contribution in [2.75, 3.05) is 39.9 Å². The van der Waals surface area contributed by atoms with E-state index >= 15 is 0 Å². The Kier molecular flexibility index (Phi) is 7.48. The summed E-state index contributed by atoms with van der Waals surface area (Å²) in [6.45, 7) is 1.12. The fraction of sp³-hybridized carbons (Fsp3) is 0.571. The molecule has 1 heterocycles. The highest BCUT2D eigenvalue weighted by atomic mass is 79.9. The van der Waals surface area contributed by atoms with Gasteiger partial charge in [-0.25, -0.2) is 8.78 Å². The molecule has 1 aromatic rings. The normalized spacial score (nSPS) is 17.7. The first-order chi connectivity index (χ1) is 9.99. The summed E-state index contributed by atoms with van der Waals surface area (Å²) in [6.07, 6.45) is 0. The van der Waals surface area contributed by atoms with E-state index in [0.717, 1.165) is 0 Å². The monoisotopic (exact) mass is 400 g/mol. The van der Waals surface area contributed by atoms with Crippen LogP contribution in [0, 0.1) is 0 Å². The van der Waals surface area contributed by atoms with Crippen LogP contribution in [-0.2, 0) is 0 Å². The van der Waals surface area contributed by atoms with E-state index in [2.05, 4.69) is 21.2 Å². The van der Waals surface area contributed by atoms with Gasteiger partial charge in [0.2, 0.25) is 0 Å². The van der Waals surface area contributed by atoms with Crippen LogP contribution in [0.15, 0.2) is 22.7 Å². The minimum Gasteiger partial charge on any atom is -0.497 e. The molecule has 1 aliphatic heterocycles. The first-order valence-electron chi connectivity index (χ1n) is 6.76. The molecular weight excluding hydrogens is 382 g/mol. The lowest BCUT2D eigenvalue weighted by Gasteiger charge is -2.39. The number of aliphatic hydroxyl groups excluding tert-OH is 1. The number of methoxy groups -OCH3 is 1. The maximum absolute atomic E-state index is 14.3. The van der Waals surface area contributed by atoms with Gasteiger partial charge in [-0.15, -0.1) is 12.4 Å². The van der Waals surface area contributed by atoms with Crippen molar-refractivity contribution < 1.29 is 18.6 Å². The van der Waals surface area contributed by atoms with Gasteiger partial charge in [-0.1, -0.05) is 15.9 Å². The quantitative estimate of drug-likeness (QED) is 0.795. The average Bonchev–Trinajstić information content (AvgIpc) is 2.50. The van der Waals surface area contributed by atoms with Crippen LogP contribution in [0.5, 0.6) is 5.75 Å². The van der Waals surface area contributed by atoms with E-state index in [4.69, 9.17) is 9.84 Å². The molecule has 1 aliphatic rings. The van der Waals surface area contributed by atoms with Gasteiger partial charge in [0.05, 0.1) is 7.11 Å². The Morgan fingerprint density at radius 2 is 2.05 bits per heavy atom. The fourth-order valence-electron chi connectivity index (χ4n) is 2.58. The number of nitrogens with one attached hydrogen (secondary N) is 1. The van der Waals surface area contributed by atoms with E-state index in [9.17, 15) is 8.78 Å². The van der Waals surface area contributed by atoms with Gasteiger partial charge in [-0.05, 0) is 23.8 Å². The summed E-state index contributed by atoms with van der Waals surface area (Å²) in [5.41, 5.74) is 0.426. The van der Waals surface area contributed by atoms with Crippen molar-refractivity contribution in [3.8, 4) is 5.75 Å². The van der Waals surface area contributed by atoms with Gasteiger partial charge in [0.15, 0.2) is 0 Å². The molecule has 0 saturated carbocycles. The van der Waals surface area contributed by atoms with Crippen LogP contribution in [0.4, 0.5) is 8.78 Å². The molecule has 126 valence electrons. The van der Waals surface area contributed by atoms with Gasteiger partial charge in [0, 0.05) is 30.7 Å². The molecule has 0 amide bonds. The van der Waals surface area contributed by atoms with Crippen molar-refractivity contribution in [1.29, 1.82) is 0 Å². The third-order valence-electron chi connectivity index (χ3n) is 3.63. The van der Waals surface area contributed by atoms with Crippen molar-refractivity contribution in [1.82, 2.24) is 10.2 Å². The Bertz CT molecular complexity index is 488. The molecule has 8 heteroatoms. The number of alkyl halides is 2. The van der Waals surface area contributed by atoms with Crippen LogP contribution in [0.1, 0.15) is 11.6 Å². The van der Waals surface area contributed by atoms with E-state index in [1.807, 2.05) is 0 Å². The largest absolute Gasteiger partial charge is 0.497 e. The first-order valence-corrected chi connectivity index (χ1v) is 7.56. The molecule has 2 N–H and O–H groups in total. The predicted molar refractivity (Wildman–Crippen MR) is 87.2 cm³/mol. The molecular formula is C14H20BrClF2N2O2. The number of nitrogens with zero attached hydrogens (tertiary/aromatic N) is 1. The SMILES string of the molecule is COc1ccc(Br)c([C@H](N2CCNCC2)C(F)(F)CO)c1.Cl. The van der Waals surface area contributed by atoms with Crippen LogP contribution < -0.4 is 10.1 Å². The number of piperazine rings is 1. The van der Waals surface area contributed by atoms with Gasteiger partial charge in [-0.2, -0.15) is 0 Å². The number of aliphatic hydroxyl groups is 1. The highest BCUT2D eigenvalue weighted by Gasteiger charge is 2.44. The maximum atomic E-state index is 14.3. The molecule has 4 nitrogen and oxygen atoms in total. The fourth-order valence-corrected chi connectivity index (χ4v) is 3.04. The molecule has 1 aromatic carbocycles. The lowest BCUT2D eigenvalue weighted by molar-refractivity contribution is -0.118. The number of halogens is 4. The molecule has 0 aromatic heterocycles. The number of rotatable bonds is 5. The second-order valence-electron chi connectivity index (χ2n) is 5.00. The molecule has 0 aliphatic carbocycles. The molecule has 1 atom stereocenters. The third kappa shape index (κ3) is 4.29. The molecule has 0 unspecified atom stereocenters. The lowest BCUT2D eigenvalue weighted by atomic mass is 9.98. The molecule has 0 bridgehead atoms. The summed E-state index contributed by atoms with van der Waals surface area (Å²) >= 11 is 3.34. The minimum absolute atomic E-state index is 0. The number of benzene rings is 1. The van der Waals surface area contributed by atoms with Gasteiger partial charge in [-0.3, -0.25) is 4.90 Å². The molecule has 1 saturated heterocycles. The zero-order chi connectivity index (χ0) is 15.5. The molecule has 0 radical (unpaired) electrons. The van der Waals surface area contributed by atoms with Crippen LogP contribution in [0.3, 0.4) is 0 Å². The Labute approximate surface area is 143 Å². The van der Waals surface area contributed by atoms with E-state index < -0.39 is 18.6 Å². The van der Waals surface area contributed by atoms with Crippen LogP contribution in [0.25, 0.3) is 0 Å². The summed E-state index contributed by atoms with van der Waals surface area (Å²) in [4.78, 5) is 1.70. The van der Waals surface area contributed by atoms with Crippen molar-refractivity contribution in [2.24, 2.45) is 0 Å². The smallest absolute Gasteiger partial charge is 0.289 e. The number of ether oxygens (including phenoxy) is 1. The van der Waals surface area contributed by atoms with E-state index in [1.165, 1.54) is 7.11 Å². The number of hydrogen-bond acceptors (Lipinski definition) is 4. The summed E-state index contributed by atoms with van der Waals surface area (Å²) < 4.78 is 34.4. The van der Waals surface area contributed by atoms with Crippen molar-refractivity contribution in [3.05, 3.63) is 28.2 Å². The Hall–Kier alpha value is -0.470. The number of hydrogen-bond donors (Lipinski definition) is 2. The predicted octanol–water partition coefficient (Wildman–Crippen LogP) is 2.45. The molecule has 0 spiro atoms. The standard InChI is InChI=1S/C14H19BrF2N2O2.ClH/c1-21-10-2-3-12(15)11(8-10)13(14(16,17)9-20)19-6-4-18-5-7-19;/h2-3,8,13,18,20H,4-7,9H2,1H3;1H/t13-;/m0./s1. The maximum Gasteiger partial charge on any atom is 0.289 e. The summed E-state index contributed by atoms with van der Waals surface area (Å²) in [5, 5.41) is 12.3. The Morgan fingerprint density at radius 1 is 1.41 bits per heavy atom. The van der Waals surface area contributed by atoms with Gasteiger partial charge < -0.3 is 15.2 Å². The first kappa shape index (κ1) is 19.6. The summed E-state index contributed by atoms with van der Waals surface area (Å²) in [7, 11) is 1.50. The van der Waals surface area contributed by atoms with E-state index in [-0.39, 0.29) is 12.4 Å². The van der Waals surface area contributed by atoms with E-state index in [1.54, 1.807) is 23.1 Å². The second-order valence-corrected chi connectivity index (χ2v) is 5.85. The van der Waals surface area contributed by atoms with E-state index in [0.29, 0.717) is 42.0 Å². The van der Waals surface area contributed by atoms with Crippen LogP contribution in [-0.4, -0.2) is 55.8 Å². The second kappa shape index (κ2) is 8.40. The van der Waals surface area contributed by atoms with Crippen molar-refractivity contribution >= 4 is 28.3 Å². The molecule has 1 fully saturated rings. The summed E-state index contributed by atoms with van der Waals surface area (Å²) in [6, 6.07) is 3.81. The Morgan fingerprint density at radius 3 is 2.59 bits per heavy atom. The minimum atomic E-state index is -3.23. The average molecular weight is 402 g/mol. The van der Waals surface area contributed by atoms with Crippen molar-refractivity contribution in [2.45, 2.75) is 12.0 Å². The lowest BCUT2D eigenvalue weighted by Crippen LogP contribution is -2.51. The van der Waals surface area contributed by atoms with Crippen molar-refractivity contribution in [3.63, 3.8) is 0 Å². The highest BCUT2D eigenvalue weighted by Crippen LogP contribution is 2.40. The van der Waals surface area contributed by atoms with Gasteiger partial charge in [0.1, 0.15) is 18.4 Å². The highest BCUT2D eigenvalue weighted by molar-refractivity contribution is 9.10. The molecule has 22 heavy (non-hydrogen) atoms. The topological polar surface area (TPSA) is 44.7 Å². The zero-order valence-electron chi connectivity index (χ0n) is 12.2. The van der Waals surface area contributed by atoms with Crippen LogP contribution >= 0.6 is 28.3 Å². The Balaban J connectivity index is 0.00000242. The van der Waals surface area contributed by atoms with Gasteiger partial charge >= 0.3 is 0 Å². The molecule has 2 rings (SSSR count).